The molecule has 100 valence electrons. The van der Waals surface area contributed by atoms with Gasteiger partial charge in [-0.25, -0.2) is 0 Å². The quantitative estimate of drug-likeness (QED) is 0.755. The second kappa shape index (κ2) is 5.22. The highest BCUT2D eigenvalue weighted by molar-refractivity contribution is 4.89. The lowest BCUT2D eigenvalue weighted by Gasteiger charge is -2.39. The Kier molecular flexibility index (Phi) is 4.08. The molecule has 2 N–H and O–H groups in total. The third-order valence-electron chi connectivity index (χ3n) is 3.73. The third-order valence-corrected chi connectivity index (χ3v) is 3.73. The van der Waals surface area contributed by atoms with E-state index in [0.29, 0.717) is 6.04 Å². The molecule has 2 rings (SSSR count). The second-order valence-corrected chi connectivity index (χ2v) is 6.15. The number of morpholine rings is 1. The molecule has 2 aliphatic rings. The van der Waals surface area contributed by atoms with Crippen molar-refractivity contribution in [2.24, 2.45) is 0 Å². The topological polar surface area (TPSA) is 42.5 Å². The van der Waals surface area contributed by atoms with Crippen LogP contribution in [0, 0.1) is 0 Å². The molecule has 0 aromatic rings. The average molecular weight is 242 g/mol. The first-order chi connectivity index (χ1) is 7.99. The lowest BCUT2D eigenvalue weighted by atomic mass is 9.92. The van der Waals surface area contributed by atoms with E-state index in [1.54, 1.807) is 0 Å². The monoisotopic (exact) mass is 242 g/mol. The summed E-state index contributed by atoms with van der Waals surface area (Å²) < 4.78 is 11.8. The maximum atomic E-state index is 5.99. The van der Waals surface area contributed by atoms with Crippen LogP contribution in [0.25, 0.3) is 0 Å². The maximum Gasteiger partial charge on any atom is 0.0751 e. The summed E-state index contributed by atoms with van der Waals surface area (Å²) >= 11 is 0. The van der Waals surface area contributed by atoms with Gasteiger partial charge in [-0.2, -0.15) is 0 Å². The molecule has 2 aliphatic heterocycles. The van der Waals surface area contributed by atoms with E-state index in [1.807, 2.05) is 0 Å². The number of ether oxygens (including phenoxy) is 2. The Bertz CT molecular complexity index is 238. The predicted molar refractivity (Wildman–Crippen MR) is 68.3 cm³/mol. The van der Waals surface area contributed by atoms with Crippen LogP contribution in [0.1, 0.15) is 33.6 Å². The fraction of sp³-hybridized carbons (Fsp3) is 1.00. The molecule has 4 nitrogen and oxygen atoms in total. The normalized spacial score (nSPS) is 38.6. The Morgan fingerprint density at radius 3 is 2.71 bits per heavy atom. The molecule has 0 amide bonds. The zero-order chi connectivity index (χ0) is 12.4. The number of hydrogen-bond acceptors (Lipinski definition) is 4. The van der Waals surface area contributed by atoms with Crippen molar-refractivity contribution in [2.45, 2.75) is 50.9 Å². The summed E-state index contributed by atoms with van der Waals surface area (Å²) in [5, 5.41) is 6.95. The molecule has 0 radical (unpaired) electrons. The highest BCUT2D eigenvalue weighted by Gasteiger charge is 2.34. The van der Waals surface area contributed by atoms with Crippen molar-refractivity contribution < 1.29 is 9.47 Å². The molecule has 0 spiro atoms. The minimum atomic E-state index is -0.0245. The molecular formula is C13H26N2O2. The number of rotatable bonds is 2. The first-order valence-corrected chi connectivity index (χ1v) is 6.71. The van der Waals surface area contributed by atoms with Gasteiger partial charge in [-0.05, 0) is 40.2 Å². The van der Waals surface area contributed by atoms with Gasteiger partial charge in [0, 0.05) is 19.1 Å². The van der Waals surface area contributed by atoms with Crippen LogP contribution in [0.15, 0.2) is 0 Å². The average Bonchev–Trinajstić information content (AvgIpc) is 2.47. The Hall–Kier alpha value is -0.160. The van der Waals surface area contributed by atoms with E-state index in [9.17, 15) is 0 Å². The van der Waals surface area contributed by atoms with Gasteiger partial charge < -0.3 is 20.1 Å². The van der Waals surface area contributed by atoms with Crippen LogP contribution in [0.3, 0.4) is 0 Å². The lowest BCUT2D eigenvalue weighted by molar-refractivity contribution is -0.0868. The minimum absolute atomic E-state index is 0.00793. The van der Waals surface area contributed by atoms with Gasteiger partial charge in [0.2, 0.25) is 0 Å². The molecule has 0 saturated carbocycles. The number of nitrogens with one attached hydrogen (secondary N) is 2. The lowest BCUT2D eigenvalue weighted by Crippen LogP contribution is -2.54. The molecular weight excluding hydrogens is 216 g/mol. The van der Waals surface area contributed by atoms with Gasteiger partial charge in [0.05, 0.1) is 24.4 Å². The van der Waals surface area contributed by atoms with Gasteiger partial charge in [-0.1, -0.05) is 0 Å². The van der Waals surface area contributed by atoms with Crippen LogP contribution < -0.4 is 10.6 Å². The van der Waals surface area contributed by atoms with E-state index in [0.717, 1.165) is 45.7 Å². The maximum absolute atomic E-state index is 5.99. The summed E-state index contributed by atoms with van der Waals surface area (Å²) in [5.74, 6) is 0. The highest BCUT2D eigenvalue weighted by atomic mass is 16.5. The molecule has 17 heavy (non-hydrogen) atoms. The van der Waals surface area contributed by atoms with Crippen LogP contribution in [0.4, 0.5) is 0 Å². The second-order valence-electron chi connectivity index (χ2n) is 6.15. The molecule has 0 aliphatic carbocycles. The van der Waals surface area contributed by atoms with Crippen molar-refractivity contribution >= 4 is 0 Å². The molecule has 2 heterocycles. The Morgan fingerprint density at radius 1 is 1.18 bits per heavy atom. The van der Waals surface area contributed by atoms with E-state index in [1.165, 1.54) is 0 Å². The molecule has 0 bridgehead atoms. The first kappa shape index (κ1) is 13.3. The van der Waals surface area contributed by atoms with Crippen molar-refractivity contribution in [2.75, 3.05) is 32.8 Å². The highest BCUT2D eigenvalue weighted by Crippen LogP contribution is 2.25. The predicted octanol–water partition coefficient (Wildman–Crippen LogP) is 0.912. The molecule has 2 saturated heterocycles. The fourth-order valence-electron chi connectivity index (χ4n) is 2.56. The summed E-state index contributed by atoms with van der Waals surface area (Å²) in [6, 6.07) is 0.422. The zero-order valence-electron chi connectivity index (χ0n) is 11.3. The summed E-state index contributed by atoms with van der Waals surface area (Å²) in [4.78, 5) is 0. The van der Waals surface area contributed by atoms with E-state index >= 15 is 0 Å². The summed E-state index contributed by atoms with van der Waals surface area (Å²) in [6.45, 7) is 11.0. The van der Waals surface area contributed by atoms with E-state index in [2.05, 4.69) is 31.4 Å². The van der Waals surface area contributed by atoms with Gasteiger partial charge in [0.25, 0.3) is 0 Å². The van der Waals surface area contributed by atoms with Crippen LogP contribution in [-0.2, 0) is 9.47 Å². The van der Waals surface area contributed by atoms with E-state index in [-0.39, 0.29) is 11.2 Å². The van der Waals surface area contributed by atoms with Crippen LogP contribution in [-0.4, -0.2) is 50.1 Å². The molecule has 2 unspecified atom stereocenters. The van der Waals surface area contributed by atoms with Crippen molar-refractivity contribution in [3.8, 4) is 0 Å². The molecule has 0 aromatic carbocycles. The van der Waals surface area contributed by atoms with Crippen LogP contribution >= 0.6 is 0 Å². The van der Waals surface area contributed by atoms with E-state index < -0.39 is 0 Å². The zero-order valence-corrected chi connectivity index (χ0v) is 11.3. The molecule has 0 aromatic heterocycles. The fourth-order valence-corrected chi connectivity index (χ4v) is 2.56. The summed E-state index contributed by atoms with van der Waals surface area (Å²) in [6.07, 6.45) is 2.11. The molecule has 4 heteroatoms. The summed E-state index contributed by atoms with van der Waals surface area (Å²) in [5.41, 5.74) is -0.0325. The largest absolute Gasteiger partial charge is 0.374 e. The van der Waals surface area contributed by atoms with Crippen molar-refractivity contribution in [1.82, 2.24) is 10.6 Å². The number of hydrogen-bond donors (Lipinski definition) is 2. The standard InChI is InChI=1S/C13H26N2O2/c1-12(2)10-15-11(9-17-12)8-13(3)4-5-14-6-7-16-13/h11,14-15H,4-10H2,1-3H3. The van der Waals surface area contributed by atoms with Crippen LogP contribution in [0.2, 0.25) is 0 Å². The van der Waals surface area contributed by atoms with Gasteiger partial charge in [-0.3, -0.25) is 0 Å². The van der Waals surface area contributed by atoms with Gasteiger partial charge in [0.1, 0.15) is 0 Å². The molecule has 2 fully saturated rings. The first-order valence-electron chi connectivity index (χ1n) is 6.71. The van der Waals surface area contributed by atoms with Gasteiger partial charge in [-0.15, -0.1) is 0 Å². The van der Waals surface area contributed by atoms with Gasteiger partial charge >= 0.3 is 0 Å². The smallest absolute Gasteiger partial charge is 0.0751 e. The summed E-state index contributed by atoms with van der Waals surface area (Å²) in [7, 11) is 0. The van der Waals surface area contributed by atoms with Crippen molar-refractivity contribution in [3.63, 3.8) is 0 Å². The SMILES string of the molecule is CC1(C)CNC(CC2(C)CCNCCO2)CO1. The third kappa shape index (κ3) is 3.91. The Morgan fingerprint density at radius 2 is 2.00 bits per heavy atom. The van der Waals surface area contributed by atoms with Gasteiger partial charge in [0.15, 0.2) is 0 Å². The van der Waals surface area contributed by atoms with E-state index in [4.69, 9.17) is 9.47 Å². The van der Waals surface area contributed by atoms with Crippen molar-refractivity contribution in [3.05, 3.63) is 0 Å². The Balaban J connectivity index is 1.83. The minimum Gasteiger partial charge on any atom is -0.374 e. The van der Waals surface area contributed by atoms with Crippen molar-refractivity contribution in [1.29, 1.82) is 0 Å². The molecule has 2 atom stereocenters. The Labute approximate surface area is 104 Å². The van der Waals surface area contributed by atoms with Crippen LogP contribution in [0.5, 0.6) is 0 Å².